The fourth-order valence-electron chi connectivity index (χ4n) is 2.86. The Hall–Kier alpha value is -0.980. The normalized spacial score (nSPS) is 17.3. The Bertz CT molecular complexity index is 502. The van der Waals surface area contributed by atoms with E-state index < -0.39 is 0 Å². The summed E-state index contributed by atoms with van der Waals surface area (Å²) >= 11 is 3.22. The van der Waals surface area contributed by atoms with E-state index in [2.05, 4.69) is 39.8 Å². The van der Waals surface area contributed by atoms with Gasteiger partial charge in [-0.25, -0.2) is 0 Å². The van der Waals surface area contributed by atoms with E-state index >= 15 is 0 Å². The Morgan fingerprint density at radius 2 is 2.10 bits per heavy atom. The fourth-order valence-corrected chi connectivity index (χ4v) is 3.25. The van der Waals surface area contributed by atoms with Crippen molar-refractivity contribution in [1.82, 2.24) is 9.80 Å². The van der Waals surface area contributed by atoms with Crippen molar-refractivity contribution in [3.8, 4) is 0 Å². The molecule has 2 rings (SSSR count). The molecule has 6 heteroatoms. The number of hydrogen-bond acceptors (Lipinski definition) is 4. The molecule has 0 unspecified atom stereocenters. The summed E-state index contributed by atoms with van der Waals surface area (Å²) in [6, 6.07) is 5.37. The van der Waals surface area contributed by atoms with Crippen molar-refractivity contribution in [3.63, 3.8) is 0 Å². The molecule has 0 spiro atoms. The van der Waals surface area contributed by atoms with Crippen LogP contribution in [0.5, 0.6) is 0 Å². The van der Waals surface area contributed by atoms with E-state index in [9.17, 15) is 10.1 Å². The number of rotatable bonds is 5. The lowest BCUT2D eigenvalue weighted by atomic mass is 9.96. The van der Waals surface area contributed by atoms with E-state index in [0.717, 1.165) is 24.6 Å². The molecule has 1 aromatic carbocycles. The maximum atomic E-state index is 11.0. The first kappa shape index (κ1) is 16.4. The van der Waals surface area contributed by atoms with Crippen LogP contribution in [-0.2, 0) is 6.54 Å². The molecule has 21 heavy (non-hydrogen) atoms. The Balaban J connectivity index is 1.92. The number of nitro groups is 1. The van der Waals surface area contributed by atoms with Gasteiger partial charge < -0.3 is 9.80 Å². The second-order valence-corrected chi connectivity index (χ2v) is 6.84. The molecular weight excluding hydrogens is 334 g/mol. The van der Waals surface area contributed by atoms with Crippen LogP contribution in [0, 0.1) is 16.0 Å². The lowest BCUT2D eigenvalue weighted by molar-refractivity contribution is -0.385. The molecule has 0 aromatic heterocycles. The first-order valence-corrected chi connectivity index (χ1v) is 8.05. The number of benzene rings is 1. The first-order valence-electron chi connectivity index (χ1n) is 7.25. The highest BCUT2D eigenvalue weighted by molar-refractivity contribution is 9.10. The molecule has 1 saturated heterocycles. The molecule has 1 aliphatic rings. The van der Waals surface area contributed by atoms with Crippen molar-refractivity contribution in [1.29, 1.82) is 0 Å². The van der Waals surface area contributed by atoms with Crippen LogP contribution in [0.25, 0.3) is 0 Å². The number of piperidine rings is 1. The van der Waals surface area contributed by atoms with Crippen LogP contribution in [0.1, 0.15) is 18.4 Å². The molecule has 0 amide bonds. The summed E-state index contributed by atoms with van der Waals surface area (Å²) in [5, 5.41) is 11.0. The molecule has 0 N–H and O–H groups in total. The summed E-state index contributed by atoms with van der Waals surface area (Å²) in [5.41, 5.74) is 1.13. The number of likely N-dealkylation sites (tertiary alicyclic amines) is 1. The molecule has 116 valence electrons. The Morgan fingerprint density at radius 1 is 1.43 bits per heavy atom. The summed E-state index contributed by atoms with van der Waals surface area (Å²) in [6.45, 7) is 4.14. The first-order chi connectivity index (χ1) is 9.95. The van der Waals surface area contributed by atoms with Gasteiger partial charge in [-0.05, 0) is 73.5 Å². The Kier molecular flexibility index (Phi) is 5.72. The van der Waals surface area contributed by atoms with Crippen LogP contribution in [0.2, 0.25) is 0 Å². The average molecular weight is 356 g/mol. The SMILES string of the molecule is CN1CCC(CN(C)Cc2ccc(Br)c([N+](=O)[O-])c2)CC1. The van der Waals surface area contributed by atoms with E-state index in [1.165, 1.54) is 25.9 Å². The summed E-state index contributed by atoms with van der Waals surface area (Å²) in [7, 11) is 4.26. The topological polar surface area (TPSA) is 49.6 Å². The quantitative estimate of drug-likeness (QED) is 0.601. The predicted octanol–water partition coefficient (Wildman–Crippen LogP) is 3.13. The molecule has 1 aromatic rings. The van der Waals surface area contributed by atoms with Gasteiger partial charge in [0, 0.05) is 19.2 Å². The summed E-state index contributed by atoms with van der Waals surface area (Å²) < 4.78 is 0.536. The zero-order valence-electron chi connectivity index (χ0n) is 12.6. The minimum Gasteiger partial charge on any atom is -0.306 e. The van der Waals surface area contributed by atoms with Crippen LogP contribution < -0.4 is 0 Å². The third kappa shape index (κ3) is 4.76. The molecular formula is C15H22BrN3O2. The van der Waals surface area contributed by atoms with Crippen molar-refractivity contribution in [3.05, 3.63) is 38.3 Å². The number of nitrogens with zero attached hydrogens (tertiary/aromatic N) is 3. The van der Waals surface area contributed by atoms with Crippen LogP contribution >= 0.6 is 15.9 Å². The highest BCUT2D eigenvalue weighted by atomic mass is 79.9. The molecule has 5 nitrogen and oxygen atoms in total. The second kappa shape index (κ2) is 7.33. The van der Waals surface area contributed by atoms with Gasteiger partial charge in [0.15, 0.2) is 0 Å². The number of nitro benzene ring substituents is 1. The largest absolute Gasteiger partial charge is 0.306 e. The molecule has 0 aliphatic carbocycles. The zero-order valence-corrected chi connectivity index (χ0v) is 14.2. The smallest absolute Gasteiger partial charge is 0.283 e. The fraction of sp³-hybridized carbons (Fsp3) is 0.600. The summed E-state index contributed by atoms with van der Waals surface area (Å²) in [4.78, 5) is 15.3. The van der Waals surface area contributed by atoms with Gasteiger partial charge >= 0.3 is 0 Å². The molecule has 0 saturated carbocycles. The van der Waals surface area contributed by atoms with E-state index in [0.29, 0.717) is 4.47 Å². The second-order valence-electron chi connectivity index (χ2n) is 5.99. The van der Waals surface area contributed by atoms with Crippen LogP contribution in [0.3, 0.4) is 0 Å². The van der Waals surface area contributed by atoms with Gasteiger partial charge in [-0.15, -0.1) is 0 Å². The summed E-state index contributed by atoms with van der Waals surface area (Å²) in [5.74, 6) is 0.733. The molecule has 0 radical (unpaired) electrons. The highest BCUT2D eigenvalue weighted by Gasteiger charge is 2.19. The molecule has 1 fully saturated rings. The zero-order chi connectivity index (χ0) is 15.4. The van der Waals surface area contributed by atoms with Gasteiger partial charge in [-0.3, -0.25) is 10.1 Å². The number of hydrogen-bond donors (Lipinski definition) is 0. The van der Waals surface area contributed by atoms with Gasteiger partial charge in [0.2, 0.25) is 0 Å². The molecule has 0 atom stereocenters. The predicted molar refractivity (Wildman–Crippen MR) is 87.4 cm³/mol. The third-order valence-corrected chi connectivity index (χ3v) is 4.74. The lowest BCUT2D eigenvalue weighted by Gasteiger charge is -2.31. The molecule has 1 heterocycles. The maximum absolute atomic E-state index is 11.0. The molecule has 1 aliphatic heterocycles. The van der Waals surface area contributed by atoms with Crippen LogP contribution in [0.4, 0.5) is 5.69 Å². The standard InChI is InChI=1S/C15H22BrN3O2/c1-17-7-5-12(6-8-17)10-18(2)11-13-3-4-14(16)15(9-13)19(20)21/h3-4,9,12H,5-8,10-11H2,1-2H3. The minimum absolute atomic E-state index is 0.139. The van der Waals surface area contributed by atoms with Gasteiger partial charge in [0.25, 0.3) is 5.69 Å². The van der Waals surface area contributed by atoms with Gasteiger partial charge in [0.05, 0.1) is 9.40 Å². The van der Waals surface area contributed by atoms with Crippen molar-refractivity contribution >= 4 is 21.6 Å². The monoisotopic (exact) mass is 355 g/mol. The number of halogens is 1. The van der Waals surface area contributed by atoms with Crippen molar-refractivity contribution < 1.29 is 4.92 Å². The van der Waals surface area contributed by atoms with Crippen LogP contribution in [-0.4, -0.2) is 48.5 Å². The average Bonchev–Trinajstić information content (AvgIpc) is 2.43. The maximum Gasteiger partial charge on any atom is 0.283 e. The van der Waals surface area contributed by atoms with E-state index in [-0.39, 0.29) is 10.6 Å². The van der Waals surface area contributed by atoms with Crippen molar-refractivity contribution in [2.75, 3.05) is 33.7 Å². The minimum atomic E-state index is -0.343. The van der Waals surface area contributed by atoms with Crippen LogP contribution in [0.15, 0.2) is 22.7 Å². The highest BCUT2D eigenvalue weighted by Crippen LogP contribution is 2.26. The van der Waals surface area contributed by atoms with Gasteiger partial charge in [-0.1, -0.05) is 6.07 Å². The van der Waals surface area contributed by atoms with Gasteiger partial charge in [0.1, 0.15) is 0 Å². The van der Waals surface area contributed by atoms with Crippen molar-refractivity contribution in [2.45, 2.75) is 19.4 Å². The lowest BCUT2D eigenvalue weighted by Crippen LogP contribution is -2.35. The van der Waals surface area contributed by atoms with Gasteiger partial charge in [-0.2, -0.15) is 0 Å². The third-order valence-electron chi connectivity index (χ3n) is 4.07. The Morgan fingerprint density at radius 3 is 2.71 bits per heavy atom. The summed E-state index contributed by atoms with van der Waals surface area (Å²) in [6.07, 6.45) is 2.47. The van der Waals surface area contributed by atoms with E-state index in [1.54, 1.807) is 12.1 Å². The molecule has 0 bridgehead atoms. The Labute approximate surface area is 134 Å². The van der Waals surface area contributed by atoms with E-state index in [4.69, 9.17) is 0 Å². The van der Waals surface area contributed by atoms with E-state index in [1.807, 2.05) is 6.07 Å². The van der Waals surface area contributed by atoms with Crippen molar-refractivity contribution in [2.24, 2.45) is 5.92 Å².